The Kier molecular flexibility index (Phi) is 3.84. The molecule has 0 fully saturated rings. The second-order valence-corrected chi connectivity index (χ2v) is 4.23. The first-order valence-corrected chi connectivity index (χ1v) is 5.83. The van der Waals surface area contributed by atoms with Gasteiger partial charge in [0.15, 0.2) is 0 Å². The van der Waals surface area contributed by atoms with Crippen molar-refractivity contribution < 1.29 is 27.8 Å². The molecule has 0 aliphatic carbocycles. The molecule has 0 amide bonds. The lowest BCUT2D eigenvalue weighted by Crippen LogP contribution is -2.17. The summed E-state index contributed by atoms with van der Waals surface area (Å²) in [6, 6.07) is 6.64. The minimum atomic E-state index is -4.84. The molecule has 0 aliphatic rings. The summed E-state index contributed by atoms with van der Waals surface area (Å²) in [4.78, 5) is 15.1. The zero-order valence-electron chi connectivity index (χ0n) is 10.8. The predicted octanol–water partition coefficient (Wildman–Crippen LogP) is 3.65. The summed E-state index contributed by atoms with van der Waals surface area (Å²) in [5, 5.41) is 9.05. The molecule has 0 bridgehead atoms. The molecule has 2 rings (SSSR count). The summed E-state index contributed by atoms with van der Waals surface area (Å²) in [6.07, 6.45) is -3.54. The van der Waals surface area contributed by atoms with Gasteiger partial charge in [-0.1, -0.05) is 12.1 Å². The number of ether oxygens (including phenoxy) is 1. The SMILES string of the molecule is Cc1cnc(-c2ccccc2OC(F)(F)F)cc1C(=O)O. The van der Waals surface area contributed by atoms with Crippen LogP contribution < -0.4 is 4.74 Å². The molecule has 110 valence electrons. The highest BCUT2D eigenvalue weighted by atomic mass is 19.4. The standard InChI is InChI=1S/C14H10F3NO3/c1-8-7-18-11(6-10(8)13(19)20)9-4-2-3-5-12(9)21-14(15,16)17/h2-7H,1H3,(H,19,20). The van der Waals surface area contributed by atoms with Crippen LogP contribution in [0.5, 0.6) is 5.75 Å². The van der Waals surface area contributed by atoms with E-state index in [1.54, 1.807) is 6.92 Å². The maximum absolute atomic E-state index is 12.4. The first-order chi connectivity index (χ1) is 9.78. The van der Waals surface area contributed by atoms with Gasteiger partial charge in [0.1, 0.15) is 5.75 Å². The topological polar surface area (TPSA) is 59.4 Å². The number of aromatic carboxylic acids is 1. The second kappa shape index (κ2) is 5.43. The van der Waals surface area contributed by atoms with Gasteiger partial charge in [-0.15, -0.1) is 13.2 Å². The highest BCUT2D eigenvalue weighted by Crippen LogP contribution is 2.33. The van der Waals surface area contributed by atoms with Crippen LogP contribution in [0.3, 0.4) is 0 Å². The average Bonchev–Trinajstić information content (AvgIpc) is 2.38. The molecule has 2 aromatic rings. The highest BCUT2D eigenvalue weighted by molar-refractivity contribution is 5.90. The number of carboxylic acid groups (broad SMARTS) is 1. The molecule has 0 aliphatic heterocycles. The quantitative estimate of drug-likeness (QED) is 0.939. The van der Waals surface area contributed by atoms with E-state index in [1.165, 1.54) is 30.5 Å². The third kappa shape index (κ3) is 3.50. The number of carboxylic acids is 1. The van der Waals surface area contributed by atoms with E-state index in [1.807, 2.05) is 0 Å². The molecule has 1 N–H and O–H groups in total. The maximum atomic E-state index is 12.4. The van der Waals surface area contributed by atoms with E-state index >= 15 is 0 Å². The van der Waals surface area contributed by atoms with Crippen LogP contribution in [-0.4, -0.2) is 22.4 Å². The van der Waals surface area contributed by atoms with Crippen LogP contribution in [0.2, 0.25) is 0 Å². The van der Waals surface area contributed by atoms with Crippen molar-refractivity contribution >= 4 is 5.97 Å². The van der Waals surface area contributed by atoms with Gasteiger partial charge in [0.05, 0.1) is 11.3 Å². The van der Waals surface area contributed by atoms with Gasteiger partial charge < -0.3 is 9.84 Å². The van der Waals surface area contributed by atoms with Crippen molar-refractivity contribution in [2.24, 2.45) is 0 Å². The summed E-state index contributed by atoms with van der Waals surface area (Å²) in [5.74, 6) is -1.61. The Bertz CT molecular complexity index is 683. The van der Waals surface area contributed by atoms with E-state index < -0.39 is 18.1 Å². The number of alkyl halides is 3. The minimum absolute atomic E-state index is 0.0261. The number of aromatic nitrogens is 1. The Labute approximate surface area is 117 Å². The summed E-state index contributed by atoms with van der Waals surface area (Å²) in [5.41, 5.74) is 0.553. The number of carbonyl (C=O) groups is 1. The van der Waals surface area contributed by atoms with Crippen molar-refractivity contribution in [1.82, 2.24) is 4.98 Å². The van der Waals surface area contributed by atoms with E-state index in [0.29, 0.717) is 5.56 Å². The van der Waals surface area contributed by atoms with Crippen LogP contribution >= 0.6 is 0 Å². The van der Waals surface area contributed by atoms with Crippen molar-refractivity contribution in [1.29, 1.82) is 0 Å². The number of benzene rings is 1. The Hall–Kier alpha value is -2.57. The number of pyridine rings is 1. The predicted molar refractivity (Wildman–Crippen MR) is 68.1 cm³/mol. The summed E-state index contributed by atoms with van der Waals surface area (Å²) in [6.45, 7) is 1.55. The van der Waals surface area contributed by atoms with Crippen molar-refractivity contribution in [2.45, 2.75) is 13.3 Å². The van der Waals surface area contributed by atoms with E-state index in [0.717, 1.165) is 6.07 Å². The third-order valence-corrected chi connectivity index (χ3v) is 2.72. The fourth-order valence-electron chi connectivity index (χ4n) is 1.79. The van der Waals surface area contributed by atoms with Crippen molar-refractivity contribution in [2.75, 3.05) is 0 Å². The Morgan fingerprint density at radius 1 is 1.29 bits per heavy atom. The van der Waals surface area contributed by atoms with Gasteiger partial charge in [-0.25, -0.2) is 4.79 Å². The molecule has 0 radical (unpaired) electrons. The molecule has 1 aromatic heterocycles. The average molecular weight is 297 g/mol. The third-order valence-electron chi connectivity index (χ3n) is 2.72. The number of rotatable bonds is 3. The Balaban J connectivity index is 2.52. The van der Waals surface area contributed by atoms with Gasteiger partial charge in [-0.2, -0.15) is 0 Å². The van der Waals surface area contributed by atoms with Crippen LogP contribution in [-0.2, 0) is 0 Å². The lowest BCUT2D eigenvalue weighted by molar-refractivity contribution is -0.274. The number of halogens is 3. The minimum Gasteiger partial charge on any atom is -0.478 e. The lowest BCUT2D eigenvalue weighted by Gasteiger charge is -2.13. The number of para-hydroxylation sites is 1. The van der Waals surface area contributed by atoms with Crippen LogP contribution in [0, 0.1) is 6.92 Å². The normalized spacial score (nSPS) is 11.2. The first-order valence-electron chi connectivity index (χ1n) is 5.83. The van der Waals surface area contributed by atoms with Gasteiger partial charge in [0.2, 0.25) is 0 Å². The van der Waals surface area contributed by atoms with E-state index in [2.05, 4.69) is 9.72 Å². The fourth-order valence-corrected chi connectivity index (χ4v) is 1.79. The monoisotopic (exact) mass is 297 g/mol. The maximum Gasteiger partial charge on any atom is 0.573 e. The highest BCUT2D eigenvalue weighted by Gasteiger charge is 2.32. The molecule has 4 nitrogen and oxygen atoms in total. The molecule has 0 saturated carbocycles. The molecule has 0 spiro atoms. The zero-order chi connectivity index (χ0) is 15.6. The van der Waals surface area contributed by atoms with Gasteiger partial charge >= 0.3 is 12.3 Å². The van der Waals surface area contributed by atoms with Gasteiger partial charge in [0.25, 0.3) is 0 Å². The van der Waals surface area contributed by atoms with Gasteiger partial charge in [-0.05, 0) is 30.7 Å². The van der Waals surface area contributed by atoms with Crippen LogP contribution in [0.15, 0.2) is 36.5 Å². The van der Waals surface area contributed by atoms with E-state index in [-0.39, 0.29) is 16.8 Å². The largest absolute Gasteiger partial charge is 0.573 e. The molecule has 0 unspecified atom stereocenters. The number of hydrogen-bond acceptors (Lipinski definition) is 3. The fraction of sp³-hybridized carbons (Fsp3) is 0.143. The Morgan fingerprint density at radius 2 is 1.95 bits per heavy atom. The van der Waals surface area contributed by atoms with Crippen molar-refractivity contribution in [3.63, 3.8) is 0 Å². The van der Waals surface area contributed by atoms with Crippen molar-refractivity contribution in [3.05, 3.63) is 47.7 Å². The summed E-state index contributed by atoms with van der Waals surface area (Å²) in [7, 11) is 0. The van der Waals surface area contributed by atoms with Crippen molar-refractivity contribution in [3.8, 4) is 17.0 Å². The molecule has 1 aromatic carbocycles. The molecular formula is C14H10F3NO3. The smallest absolute Gasteiger partial charge is 0.478 e. The van der Waals surface area contributed by atoms with Crippen LogP contribution in [0.25, 0.3) is 11.3 Å². The van der Waals surface area contributed by atoms with Gasteiger partial charge in [-0.3, -0.25) is 4.98 Å². The first kappa shape index (κ1) is 14.8. The van der Waals surface area contributed by atoms with Crippen LogP contribution in [0.1, 0.15) is 15.9 Å². The van der Waals surface area contributed by atoms with Gasteiger partial charge in [0, 0.05) is 11.8 Å². The molecule has 0 saturated heterocycles. The molecule has 0 atom stereocenters. The molecule has 21 heavy (non-hydrogen) atoms. The zero-order valence-corrected chi connectivity index (χ0v) is 10.8. The Morgan fingerprint density at radius 3 is 2.57 bits per heavy atom. The second-order valence-electron chi connectivity index (χ2n) is 4.23. The number of aryl methyl sites for hydroxylation is 1. The molecule has 1 heterocycles. The van der Waals surface area contributed by atoms with Crippen LogP contribution in [0.4, 0.5) is 13.2 Å². The summed E-state index contributed by atoms with van der Waals surface area (Å²) >= 11 is 0. The molecular weight excluding hydrogens is 287 g/mol. The molecule has 7 heteroatoms. The number of nitrogens with zero attached hydrogens (tertiary/aromatic N) is 1. The lowest BCUT2D eigenvalue weighted by atomic mass is 10.1. The summed E-state index contributed by atoms with van der Waals surface area (Å²) < 4.78 is 41.0. The van der Waals surface area contributed by atoms with E-state index in [4.69, 9.17) is 5.11 Å². The van der Waals surface area contributed by atoms with E-state index in [9.17, 15) is 18.0 Å². The number of hydrogen-bond donors (Lipinski definition) is 1.